The van der Waals surface area contributed by atoms with E-state index in [-0.39, 0.29) is 5.69 Å². The molecule has 7 nitrogen and oxygen atoms in total. The number of nitrogens with one attached hydrogen (secondary N) is 1. The summed E-state index contributed by atoms with van der Waals surface area (Å²) in [4.78, 5) is 18.1. The number of nitro groups is 1. The van der Waals surface area contributed by atoms with Gasteiger partial charge in [0.15, 0.2) is 0 Å². The number of benzene rings is 1. The lowest BCUT2D eigenvalue weighted by molar-refractivity contribution is -0.384. The van der Waals surface area contributed by atoms with Gasteiger partial charge in [0.25, 0.3) is 5.69 Å². The number of aromatic nitrogens is 2. The van der Waals surface area contributed by atoms with Gasteiger partial charge in [-0.3, -0.25) is 10.1 Å². The summed E-state index contributed by atoms with van der Waals surface area (Å²) in [5, 5.41) is 22.2. The van der Waals surface area contributed by atoms with Crippen molar-refractivity contribution >= 4 is 11.6 Å². The Labute approximate surface area is 115 Å². The molecule has 0 spiro atoms. The fraction of sp³-hybridized carbons (Fsp3) is 0.154. The molecule has 0 fully saturated rings. The molecule has 100 valence electrons. The van der Waals surface area contributed by atoms with Gasteiger partial charge in [0.05, 0.1) is 4.92 Å². The lowest BCUT2D eigenvalue weighted by Crippen LogP contribution is -2.08. The highest BCUT2D eigenvalue weighted by Gasteiger charge is 2.04. The fourth-order valence-corrected chi connectivity index (χ4v) is 1.61. The van der Waals surface area contributed by atoms with E-state index < -0.39 is 4.92 Å². The molecule has 0 saturated carbocycles. The number of non-ortho nitro benzene ring substituents is 1. The largest absolute Gasteiger partial charge is 0.354 e. The van der Waals surface area contributed by atoms with Crippen molar-refractivity contribution < 1.29 is 4.92 Å². The molecule has 0 unspecified atom stereocenters. The van der Waals surface area contributed by atoms with Crippen molar-refractivity contribution in [2.45, 2.75) is 6.42 Å². The highest BCUT2D eigenvalue weighted by Crippen LogP contribution is 2.12. The van der Waals surface area contributed by atoms with Gasteiger partial charge in [0.2, 0.25) is 5.95 Å². The lowest BCUT2D eigenvalue weighted by atomic mass is 10.1. The molecule has 0 radical (unpaired) electrons. The maximum atomic E-state index is 10.5. The van der Waals surface area contributed by atoms with Crippen LogP contribution in [0.5, 0.6) is 0 Å². The standard InChI is InChI=1S/C13H11N5O2/c14-9-11-6-8-16-13(17-11)15-7-5-10-1-3-12(4-2-10)18(19)20/h1-4,6,8H,5,7H2,(H,15,16,17). The Balaban J connectivity index is 1.89. The van der Waals surface area contributed by atoms with Crippen LogP contribution in [0.2, 0.25) is 0 Å². The van der Waals surface area contributed by atoms with Gasteiger partial charge in [-0.25, -0.2) is 9.97 Å². The fourth-order valence-electron chi connectivity index (χ4n) is 1.61. The van der Waals surface area contributed by atoms with Crippen LogP contribution in [0, 0.1) is 21.4 Å². The van der Waals surface area contributed by atoms with Crippen molar-refractivity contribution in [2.75, 3.05) is 11.9 Å². The van der Waals surface area contributed by atoms with E-state index >= 15 is 0 Å². The third-order valence-electron chi connectivity index (χ3n) is 2.61. The van der Waals surface area contributed by atoms with Gasteiger partial charge in [-0.15, -0.1) is 0 Å². The monoisotopic (exact) mass is 269 g/mol. The minimum atomic E-state index is -0.427. The van der Waals surface area contributed by atoms with Crippen LogP contribution in [0.4, 0.5) is 11.6 Å². The van der Waals surface area contributed by atoms with Crippen LogP contribution >= 0.6 is 0 Å². The summed E-state index contributed by atoms with van der Waals surface area (Å²) in [6, 6.07) is 9.84. The highest BCUT2D eigenvalue weighted by atomic mass is 16.6. The van der Waals surface area contributed by atoms with E-state index in [1.165, 1.54) is 24.4 Å². The molecule has 0 aliphatic carbocycles. The maximum Gasteiger partial charge on any atom is 0.269 e. The van der Waals surface area contributed by atoms with Gasteiger partial charge in [-0.2, -0.15) is 5.26 Å². The molecule has 0 aliphatic heterocycles. The minimum absolute atomic E-state index is 0.0757. The zero-order chi connectivity index (χ0) is 14.4. The van der Waals surface area contributed by atoms with Gasteiger partial charge in [0.1, 0.15) is 11.8 Å². The Morgan fingerprint density at radius 3 is 2.70 bits per heavy atom. The molecule has 0 saturated heterocycles. The zero-order valence-electron chi connectivity index (χ0n) is 10.5. The van der Waals surface area contributed by atoms with Crippen LogP contribution < -0.4 is 5.32 Å². The normalized spacial score (nSPS) is 9.75. The van der Waals surface area contributed by atoms with E-state index in [9.17, 15) is 10.1 Å². The molecule has 2 rings (SSSR count). The quantitative estimate of drug-likeness (QED) is 0.656. The Morgan fingerprint density at radius 2 is 2.05 bits per heavy atom. The van der Waals surface area contributed by atoms with Crippen molar-refractivity contribution in [3.63, 3.8) is 0 Å². The molecule has 1 N–H and O–H groups in total. The first-order valence-corrected chi connectivity index (χ1v) is 5.89. The summed E-state index contributed by atoms with van der Waals surface area (Å²) in [5.74, 6) is 0.394. The first-order valence-electron chi connectivity index (χ1n) is 5.89. The molecule has 2 aromatic rings. The second-order valence-electron chi connectivity index (χ2n) is 3.98. The molecule has 7 heteroatoms. The Kier molecular flexibility index (Phi) is 4.19. The summed E-state index contributed by atoms with van der Waals surface area (Å²) < 4.78 is 0. The second-order valence-corrected chi connectivity index (χ2v) is 3.98. The van der Waals surface area contributed by atoms with Gasteiger partial charge in [0, 0.05) is 24.9 Å². The average Bonchev–Trinajstić information content (AvgIpc) is 2.48. The SMILES string of the molecule is N#Cc1ccnc(NCCc2ccc([N+](=O)[O-])cc2)n1. The van der Waals surface area contributed by atoms with Crippen molar-refractivity contribution in [3.05, 3.63) is 57.9 Å². The Hall–Kier alpha value is -3.01. The summed E-state index contributed by atoms with van der Waals surface area (Å²) in [7, 11) is 0. The first kappa shape index (κ1) is 13.4. The summed E-state index contributed by atoms with van der Waals surface area (Å²) in [6.07, 6.45) is 2.19. The Morgan fingerprint density at radius 1 is 1.30 bits per heavy atom. The number of nitro benzene ring substituents is 1. The molecule has 1 aromatic heterocycles. The van der Waals surface area contributed by atoms with Crippen LogP contribution in [0.15, 0.2) is 36.5 Å². The van der Waals surface area contributed by atoms with E-state index in [4.69, 9.17) is 5.26 Å². The lowest BCUT2D eigenvalue weighted by Gasteiger charge is -2.04. The highest BCUT2D eigenvalue weighted by molar-refractivity contribution is 5.34. The number of hydrogen-bond donors (Lipinski definition) is 1. The van der Waals surface area contributed by atoms with Gasteiger partial charge < -0.3 is 5.32 Å². The van der Waals surface area contributed by atoms with Crippen LogP contribution in [-0.2, 0) is 6.42 Å². The van der Waals surface area contributed by atoms with E-state index in [0.29, 0.717) is 24.6 Å². The minimum Gasteiger partial charge on any atom is -0.354 e. The van der Waals surface area contributed by atoms with E-state index in [1.807, 2.05) is 6.07 Å². The molecular weight excluding hydrogens is 258 g/mol. The van der Waals surface area contributed by atoms with Crippen LogP contribution in [-0.4, -0.2) is 21.4 Å². The molecule has 0 aliphatic rings. The third-order valence-corrected chi connectivity index (χ3v) is 2.61. The van der Waals surface area contributed by atoms with E-state index in [2.05, 4.69) is 15.3 Å². The van der Waals surface area contributed by atoms with Crippen molar-refractivity contribution in [1.29, 1.82) is 5.26 Å². The molecule has 0 amide bonds. The van der Waals surface area contributed by atoms with Crippen molar-refractivity contribution in [2.24, 2.45) is 0 Å². The van der Waals surface area contributed by atoms with Crippen LogP contribution in [0.1, 0.15) is 11.3 Å². The van der Waals surface area contributed by atoms with Crippen molar-refractivity contribution in [1.82, 2.24) is 9.97 Å². The van der Waals surface area contributed by atoms with E-state index in [1.54, 1.807) is 12.1 Å². The summed E-state index contributed by atoms with van der Waals surface area (Å²) >= 11 is 0. The summed E-state index contributed by atoms with van der Waals surface area (Å²) in [5.41, 5.74) is 1.35. The average molecular weight is 269 g/mol. The molecule has 1 aromatic carbocycles. The second kappa shape index (κ2) is 6.24. The van der Waals surface area contributed by atoms with Gasteiger partial charge >= 0.3 is 0 Å². The number of nitrogens with zero attached hydrogens (tertiary/aromatic N) is 4. The first-order chi connectivity index (χ1) is 9.69. The van der Waals surface area contributed by atoms with Gasteiger partial charge in [-0.05, 0) is 18.1 Å². The van der Waals surface area contributed by atoms with E-state index in [0.717, 1.165) is 5.56 Å². The molecule has 0 atom stereocenters. The molecular formula is C13H11N5O2. The molecule has 1 heterocycles. The molecule has 20 heavy (non-hydrogen) atoms. The zero-order valence-corrected chi connectivity index (χ0v) is 10.5. The topological polar surface area (TPSA) is 105 Å². The van der Waals surface area contributed by atoms with Crippen LogP contribution in [0.25, 0.3) is 0 Å². The number of anilines is 1. The maximum absolute atomic E-state index is 10.5. The van der Waals surface area contributed by atoms with Crippen LogP contribution in [0.3, 0.4) is 0 Å². The predicted molar refractivity (Wildman–Crippen MR) is 72.0 cm³/mol. The van der Waals surface area contributed by atoms with Crippen molar-refractivity contribution in [3.8, 4) is 6.07 Å². The number of rotatable bonds is 5. The Bertz CT molecular complexity index is 649. The summed E-state index contributed by atoms with van der Waals surface area (Å²) in [6.45, 7) is 0.576. The predicted octanol–water partition coefficient (Wildman–Crippen LogP) is 1.91. The number of hydrogen-bond acceptors (Lipinski definition) is 6. The molecule has 0 bridgehead atoms. The smallest absolute Gasteiger partial charge is 0.269 e. The number of nitriles is 1. The third kappa shape index (κ3) is 3.49. The van der Waals surface area contributed by atoms with Gasteiger partial charge in [-0.1, -0.05) is 12.1 Å².